The molecule has 3 aromatic heterocycles. The van der Waals surface area contributed by atoms with Crippen molar-refractivity contribution in [3.05, 3.63) is 24.0 Å². The maximum atomic E-state index is 8.95. The number of aryl methyl sites for hydroxylation is 2. The molecule has 0 amide bonds. The fourth-order valence-electron chi connectivity index (χ4n) is 5.03. The van der Waals surface area contributed by atoms with Crippen LogP contribution < -0.4 is 10.6 Å². The molecule has 1 saturated heterocycles. The number of anilines is 3. The first-order valence-electron chi connectivity index (χ1n) is 12.2. The molecule has 0 unspecified atom stereocenters. The van der Waals surface area contributed by atoms with E-state index < -0.39 is 0 Å². The van der Waals surface area contributed by atoms with Crippen LogP contribution in [0.4, 0.5) is 16.8 Å². The van der Waals surface area contributed by atoms with Crippen molar-refractivity contribution in [3.8, 4) is 6.07 Å². The Labute approximate surface area is 204 Å². The van der Waals surface area contributed by atoms with E-state index in [9.17, 15) is 0 Å². The molecule has 10 heteroatoms. The Hall–Kier alpha value is -2.74. The second-order valence-electron chi connectivity index (χ2n) is 9.16. The van der Waals surface area contributed by atoms with E-state index in [-0.39, 0.29) is 0 Å². The molecule has 2 N–H and O–H groups in total. The van der Waals surface area contributed by atoms with Gasteiger partial charge in [-0.05, 0) is 62.7 Å². The van der Waals surface area contributed by atoms with Crippen LogP contribution in [-0.4, -0.2) is 62.2 Å². The monoisotopic (exact) mass is 480 g/mol. The molecule has 9 nitrogen and oxygen atoms in total. The van der Waals surface area contributed by atoms with Gasteiger partial charge in [-0.3, -0.25) is 4.90 Å². The molecule has 0 atom stereocenters. The van der Waals surface area contributed by atoms with Crippen molar-refractivity contribution in [1.29, 1.82) is 5.26 Å². The zero-order valence-corrected chi connectivity index (χ0v) is 20.5. The largest absolute Gasteiger partial charge is 0.379 e. The van der Waals surface area contributed by atoms with Gasteiger partial charge in [-0.2, -0.15) is 14.6 Å². The van der Waals surface area contributed by atoms with Gasteiger partial charge in [-0.25, -0.2) is 4.98 Å². The van der Waals surface area contributed by atoms with Crippen molar-refractivity contribution >= 4 is 39.3 Å². The van der Waals surface area contributed by atoms with Gasteiger partial charge in [0.15, 0.2) is 5.82 Å². The third-order valence-electron chi connectivity index (χ3n) is 6.76. The number of nitriles is 1. The van der Waals surface area contributed by atoms with Gasteiger partial charge in [-0.15, -0.1) is 0 Å². The summed E-state index contributed by atoms with van der Waals surface area (Å²) in [6.45, 7) is 6.58. The zero-order chi connectivity index (χ0) is 23.3. The molecular formula is C24H32N8OS. The minimum atomic E-state index is 0.386. The fourth-order valence-corrected chi connectivity index (χ4v) is 5.69. The summed E-state index contributed by atoms with van der Waals surface area (Å²) in [5.41, 5.74) is 2.90. The lowest BCUT2D eigenvalue weighted by atomic mass is 9.90. The standard InChI is InChI=1S/C24H32N8OS/c1-17-16-21(34-30-17)28-24-27-20-8-11-32(10-3-2-9-25)22(20)23(29-24)26-18-4-6-19(7-5-18)31-12-14-33-15-13-31/h8,11,16,18-19H,2-7,10,12-15H2,1H3,(H2,26,27,28,29). The number of nitrogens with zero attached hydrogens (tertiary/aromatic N) is 6. The van der Waals surface area contributed by atoms with E-state index in [4.69, 9.17) is 20.0 Å². The first-order chi connectivity index (χ1) is 16.7. The number of hydrogen-bond donors (Lipinski definition) is 2. The number of nitrogens with one attached hydrogen (secondary N) is 2. The first kappa shape index (κ1) is 23.0. The molecule has 0 aromatic carbocycles. The van der Waals surface area contributed by atoms with E-state index in [1.165, 1.54) is 24.4 Å². The summed E-state index contributed by atoms with van der Waals surface area (Å²) in [6, 6.07) is 7.33. The Balaban J connectivity index is 1.35. The first-order valence-corrected chi connectivity index (χ1v) is 13.0. The van der Waals surface area contributed by atoms with Gasteiger partial charge in [0.2, 0.25) is 5.95 Å². The van der Waals surface area contributed by atoms with E-state index in [2.05, 4.69) is 36.7 Å². The fraction of sp³-hybridized carbons (Fsp3) is 0.583. The van der Waals surface area contributed by atoms with Gasteiger partial charge in [0.25, 0.3) is 0 Å². The Morgan fingerprint density at radius 2 is 2.03 bits per heavy atom. The summed E-state index contributed by atoms with van der Waals surface area (Å²) < 4.78 is 12.1. The van der Waals surface area contributed by atoms with Gasteiger partial charge in [0.05, 0.1) is 30.5 Å². The number of morpholine rings is 1. The molecule has 1 aliphatic carbocycles. The van der Waals surface area contributed by atoms with Crippen LogP contribution in [0.3, 0.4) is 0 Å². The van der Waals surface area contributed by atoms with Gasteiger partial charge < -0.3 is 19.9 Å². The number of rotatable bonds is 8. The van der Waals surface area contributed by atoms with Crippen LogP contribution >= 0.6 is 11.5 Å². The number of ether oxygens (including phenoxy) is 1. The minimum Gasteiger partial charge on any atom is -0.379 e. The Morgan fingerprint density at radius 1 is 1.21 bits per heavy atom. The Kier molecular flexibility index (Phi) is 7.23. The van der Waals surface area contributed by atoms with Crippen molar-refractivity contribution in [2.75, 3.05) is 36.9 Å². The number of unbranched alkanes of at least 4 members (excludes halogenated alkanes) is 1. The molecule has 180 valence electrons. The van der Waals surface area contributed by atoms with E-state index >= 15 is 0 Å². The van der Waals surface area contributed by atoms with Crippen molar-refractivity contribution in [1.82, 2.24) is 23.8 Å². The quantitative estimate of drug-likeness (QED) is 0.460. The SMILES string of the molecule is Cc1cc(Nc2nc(NC3CCC(N4CCOCC4)CC3)c3c(ccn3CCCC#N)n2)sn1. The average Bonchev–Trinajstić information content (AvgIpc) is 3.46. The highest BCUT2D eigenvalue weighted by Crippen LogP contribution is 2.30. The predicted molar refractivity (Wildman–Crippen MR) is 135 cm³/mol. The molecule has 34 heavy (non-hydrogen) atoms. The molecule has 4 heterocycles. The van der Waals surface area contributed by atoms with E-state index in [0.29, 0.717) is 24.5 Å². The minimum absolute atomic E-state index is 0.386. The molecule has 0 radical (unpaired) electrons. The molecule has 3 aromatic rings. The zero-order valence-electron chi connectivity index (χ0n) is 19.7. The van der Waals surface area contributed by atoms with Crippen LogP contribution in [0.5, 0.6) is 0 Å². The smallest absolute Gasteiger partial charge is 0.230 e. The number of aromatic nitrogens is 4. The van der Waals surface area contributed by atoms with Crippen LogP contribution in [-0.2, 0) is 11.3 Å². The molecule has 1 aliphatic heterocycles. The highest BCUT2D eigenvalue weighted by molar-refractivity contribution is 7.10. The summed E-state index contributed by atoms with van der Waals surface area (Å²) >= 11 is 1.41. The van der Waals surface area contributed by atoms with Crippen LogP contribution in [0.2, 0.25) is 0 Å². The van der Waals surface area contributed by atoms with Gasteiger partial charge in [0.1, 0.15) is 10.5 Å². The molecule has 2 aliphatic rings. The molecule has 2 fully saturated rings. The normalized spacial score (nSPS) is 21.4. The highest BCUT2D eigenvalue weighted by Gasteiger charge is 2.27. The van der Waals surface area contributed by atoms with Crippen LogP contribution in [0.1, 0.15) is 44.2 Å². The molecule has 1 saturated carbocycles. The Bertz CT molecular complexity index is 1140. The van der Waals surface area contributed by atoms with Crippen molar-refractivity contribution in [3.63, 3.8) is 0 Å². The Morgan fingerprint density at radius 3 is 2.76 bits per heavy atom. The van der Waals surface area contributed by atoms with Crippen LogP contribution in [0, 0.1) is 18.3 Å². The second-order valence-corrected chi connectivity index (χ2v) is 9.96. The summed E-state index contributed by atoms with van der Waals surface area (Å²) in [5, 5.41) is 17.0. The molecular weight excluding hydrogens is 448 g/mol. The molecule has 5 rings (SSSR count). The van der Waals surface area contributed by atoms with Crippen molar-refractivity contribution in [2.45, 2.75) is 64.1 Å². The molecule has 0 bridgehead atoms. The summed E-state index contributed by atoms with van der Waals surface area (Å²) in [5.74, 6) is 1.45. The van der Waals surface area contributed by atoms with Crippen LogP contribution in [0.15, 0.2) is 18.3 Å². The predicted octanol–water partition coefficient (Wildman–Crippen LogP) is 4.30. The number of hydrogen-bond acceptors (Lipinski definition) is 9. The van der Waals surface area contributed by atoms with Crippen molar-refractivity contribution < 1.29 is 4.74 Å². The lowest BCUT2D eigenvalue weighted by Gasteiger charge is -2.39. The maximum Gasteiger partial charge on any atom is 0.230 e. The second kappa shape index (κ2) is 10.7. The third-order valence-corrected chi connectivity index (χ3v) is 7.56. The summed E-state index contributed by atoms with van der Waals surface area (Å²) in [7, 11) is 0. The van der Waals surface area contributed by atoms with E-state index in [0.717, 1.165) is 79.7 Å². The lowest BCUT2D eigenvalue weighted by molar-refractivity contribution is 0.00791. The van der Waals surface area contributed by atoms with E-state index in [1.807, 2.05) is 19.1 Å². The average molecular weight is 481 g/mol. The number of fused-ring (bicyclic) bond motifs is 1. The highest BCUT2D eigenvalue weighted by atomic mass is 32.1. The topological polar surface area (TPSA) is 104 Å². The van der Waals surface area contributed by atoms with Gasteiger partial charge in [0, 0.05) is 44.3 Å². The van der Waals surface area contributed by atoms with Gasteiger partial charge in [-0.1, -0.05) is 0 Å². The van der Waals surface area contributed by atoms with Gasteiger partial charge >= 0.3 is 0 Å². The molecule has 0 spiro atoms. The van der Waals surface area contributed by atoms with Crippen LogP contribution in [0.25, 0.3) is 11.0 Å². The lowest BCUT2D eigenvalue weighted by Crippen LogP contribution is -2.46. The van der Waals surface area contributed by atoms with Crippen molar-refractivity contribution in [2.24, 2.45) is 0 Å². The van der Waals surface area contributed by atoms with E-state index in [1.54, 1.807) is 0 Å². The summed E-state index contributed by atoms with van der Waals surface area (Å²) in [4.78, 5) is 12.3. The third kappa shape index (κ3) is 5.32. The maximum absolute atomic E-state index is 8.95. The summed E-state index contributed by atoms with van der Waals surface area (Å²) in [6.07, 6.45) is 8.04.